The summed E-state index contributed by atoms with van der Waals surface area (Å²) in [6.45, 7) is 4.10. The molecule has 1 heterocycles. The van der Waals surface area contributed by atoms with E-state index in [1.807, 2.05) is 6.92 Å². The van der Waals surface area contributed by atoms with Gasteiger partial charge in [0.15, 0.2) is 5.12 Å². The zero-order valence-corrected chi connectivity index (χ0v) is 16.6. The Morgan fingerprint density at radius 2 is 1.86 bits per heavy atom. The first-order chi connectivity index (χ1) is 13.5. The Bertz CT molecular complexity index is 938. The molecular weight excluding hydrogens is 378 g/mol. The molecule has 0 spiro atoms. The van der Waals surface area contributed by atoms with Crippen molar-refractivity contribution in [2.24, 2.45) is 5.29 Å². The number of imide groups is 1. The molecule has 1 aliphatic heterocycles. The molecule has 2 aromatic rings. The van der Waals surface area contributed by atoms with Gasteiger partial charge in [-0.05, 0) is 24.6 Å². The van der Waals surface area contributed by atoms with E-state index in [0.29, 0.717) is 39.9 Å². The van der Waals surface area contributed by atoms with Crippen molar-refractivity contribution in [3.63, 3.8) is 0 Å². The van der Waals surface area contributed by atoms with Crippen LogP contribution >= 0.6 is 11.8 Å². The number of hydrogen-bond acceptors (Lipinski definition) is 6. The van der Waals surface area contributed by atoms with Crippen molar-refractivity contribution in [2.45, 2.75) is 26.7 Å². The zero-order valence-electron chi connectivity index (χ0n) is 15.8. The monoisotopic (exact) mass is 399 g/mol. The summed E-state index contributed by atoms with van der Waals surface area (Å²) in [4.78, 5) is 49.6. The second kappa shape index (κ2) is 8.52. The zero-order chi connectivity index (χ0) is 20.3. The highest BCUT2D eigenvalue weighted by Crippen LogP contribution is 2.36. The Labute approximate surface area is 167 Å². The number of nitrogens with zero attached hydrogens (tertiary/aromatic N) is 3. The summed E-state index contributed by atoms with van der Waals surface area (Å²) >= 11 is 1.11. The van der Waals surface area contributed by atoms with Gasteiger partial charge in [-0.3, -0.25) is 19.3 Å². The number of hydrogen-bond donors (Lipinski definition) is 0. The van der Waals surface area contributed by atoms with Crippen LogP contribution in [-0.4, -0.2) is 40.7 Å². The van der Waals surface area contributed by atoms with E-state index in [1.54, 1.807) is 30.3 Å². The molecule has 0 fully saturated rings. The van der Waals surface area contributed by atoms with Crippen LogP contribution in [0.4, 0.5) is 5.69 Å². The molecule has 0 aliphatic carbocycles. The number of carbonyl (C=O) groups is 3. The third-order valence-electron chi connectivity index (χ3n) is 4.69. The van der Waals surface area contributed by atoms with Gasteiger partial charge in [0, 0.05) is 41.1 Å². The Hall–Kier alpha value is -2.74. The van der Waals surface area contributed by atoms with Crippen LogP contribution in [0.15, 0.2) is 35.6 Å². The lowest BCUT2D eigenvalue weighted by Gasteiger charge is -2.28. The summed E-state index contributed by atoms with van der Waals surface area (Å²) in [5.74, 6) is -0.218. The lowest BCUT2D eigenvalue weighted by Crippen LogP contribution is -2.41. The second-order valence-electron chi connectivity index (χ2n) is 6.52. The number of amides is 2. The molecule has 7 nitrogen and oxygen atoms in total. The number of anilines is 1. The Balaban J connectivity index is 2.05. The highest BCUT2D eigenvalue weighted by atomic mass is 32.2. The van der Waals surface area contributed by atoms with Crippen LogP contribution < -0.4 is 5.01 Å². The molecule has 0 saturated carbocycles. The topological polar surface area (TPSA) is 87.1 Å². The van der Waals surface area contributed by atoms with Crippen LogP contribution in [0.2, 0.25) is 0 Å². The van der Waals surface area contributed by atoms with Gasteiger partial charge in [-0.15, -0.1) is 4.91 Å². The van der Waals surface area contributed by atoms with Gasteiger partial charge in [-0.2, -0.15) is 0 Å². The highest BCUT2D eigenvalue weighted by Gasteiger charge is 2.33. The van der Waals surface area contributed by atoms with Gasteiger partial charge in [0.05, 0.1) is 17.5 Å². The van der Waals surface area contributed by atoms with E-state index < -0.39 is 0 Å². The maximum atomic E-state index is 12.9. The minimum atomic E-state index is -0.313. The Morgan fingerprint density at radius 3 is 2.50 bits per heavy atom. The maximum Gasteiger partial charge on any atom is 0.261 e. The van der Waals surface area contributed by atoms with Crippen molar-refractivity contribution in [3.8, 4) is 0 Å². The third kappa shape index (κ3) is 3.64. The summed E-state index contributed by atoms with van der Waals surface area (Å²) in [6.07, 6.45) is 1.63. The van der Waals surface area contributed by atoms with Crippen molar-refractivity contribution in [1.29, 1.82) is 0 Å². The molecule has 28 heavy (non-hydrogen) atoms. The fraction of sp³-hybridized carbons (Fsp3) is 0.350. The van der Waals surface area contributed by atoms with Crippen LogP contribution in [0.25, 0.3) is 10.8 Å². The van der Waals surface area contributed by atoms with Crippen molar-refractivity contribution < 1.29 is 14.4 Å². The molecule has 0 atom stereocenters. The largest absolute Gasteiger partial charge is 0.288 e. The van der Waals surface area contributed by atoms with E-state index in [-0.39, 0.29) is 23.5 Å². The third-order valence-corrected chi connectivity index (χ3v) is 5.48. The molecule has 0 radical (unpaired) electrons. The highest BCUT2D eigenvalue weighted by molar-refractivity contribution is 8.13. The van der Waals surface area contributed by atoms with E-state index >= 15 is 0 Å². The standard InChI is InChI=1S/C20H21N3O4S/c1-3-4-10-22-19(25)15-7-5-6-14-17(9-8-16(18(14)15)20(22)26)23(21-27)11-12-28-13(2)24/h5-9H,3-4,10-12H2,1-2H3. The fourth-order valence-electron chi connectivity index (χ4n) is 3.36. The maximum absolute atomic E-state index is 12.9. The summed E-state index contributed by atoms with van der Waals surface area (Å²) < 4.78 is 0. The van der Waals surface area contributed by atoms with Crippen molar-refractivity contribution >= 4 is 45.2 Å². The second-order valence-corrected chi connectivity index (χ2v) is 7.79. The van der Waals surface area contributed by atoms with Crippen LogP contribution in [-0.2, 0) is 4.79 Å². The van der Waals surface area contributed by atoms with Crippen LogP contribution in [0, 0.1) is 4.91 Å². The molecule has 0 saturated heterocycles. The van der Waals surface area contributed by atoms with E-state index in [9.17, 15) is 19.3 Å². The van der Waals surface area contributed by atoms with Gasteiger partial charge in [0.2, 0.25) is 0 Å². The van der Waals surface area contributed by atoms with Crippen molar-refractivity contribution in [2.75, 3.05) is 23.9 Å². The average molecular weight is 399 g/mol. The lowest BCUT2D eigenvalue weighted by molar-refractivity contribution is -0.109. The number of rotatable bonds is 8. The van der Waals surface area contributed by atoms with Crippen molar-refractivity contribution in [1.82, 2.24) is 4.90 Å². The van der Waals surface area contributed by atoms with Crippen LogP contribution in [0.1, 0.15) is 47.4 Å². The lowest BCUT2D eigenvalue weighted by atomic mass is 9.92. The average Bonchev–Trinajstić information content (AvgIpc) is 2.69. The van der Waals surface area contributed by atoms with E-state index in [1.165, 1.54) is 16.8 Å². The molecule has 3 rings (SSSR count). The predicted octanol–water partition coefficient (Wildman–Crippen LogP) is 4.00. The first-order valence-corrected chi connectivity index (χ1v) is 10.1. The number of thioether (sulfide) groups is 1. The molecule has 2 amide bonds. The van der Waals surface area contributed by atoms with Crippen LogP contribution in [0.3, 0.4) is 0 Å². The molecule has 8 heteroatoms. The van der Waals surface area contributed by atoms with E-state index in [2.05, 4.69) is 5.29 Å². The van der Waals surface area contributed by atoms with Gasteiger partial charge in [0.1, 0.15) is 0 Å². The normalized spacial score (nSPS) is 13.1. The fourth-order valence-corrected chi connectivity index (χ4v) is 3.91. The number of benzene rings is 2. The minimum Gasteiger partial charge on any atom is -0.288 e. The number of unbranched alkanes of at least 4 members (excludes halogenated alkanes) is 1. The minimum absolute atomic E-state index is 0.0360. The Kier molecular flexibility index (Phi) is 6.08. The van der Waals surface area contributed by atoms with Gasteiger partial charge in [-0.1, -0.05) is 37.2 Å². The summed E-state index contributed by atoms with van der Waals surface area (Å²) in [6, 6.07) is 8.53. The number of carbonyl (C=O) groups excluding carboxylic acids is 3. The summed E-state index contributed by atoms with van der Waals surface area (Å²) in [5, 5.41) is 5.48. The summed E-state index contributed by atoms with van der Waals surface area (Å²) in [7, 11) is 0. The molecule has 2 aromatic carbocycles. The molecule has 1 aliphatic rings. The molecule has 146 valence electrons. The van der Waals surface area contributed by atoms with Crippen molar-refractivity contribution in [3.05, 3.63) is 46.4 Å². The first kappa shape index (κ1) is 20.0. The van der Waals surface area contributed by atoms with E-state index in [4.69, 9.17) is 0 Å². The molecule has 0 aromatic heterocycles. The van der Waals surface area contributed by atoms with Gasteiger partial charge in [0.25, 0.3) is 11.8 Å². The molecule has 0 N–H and O–H groups in total. The van der Waals surface area contributed by atoms with Crippen LogP contribution in [0.5, 0.6) is 0 Å². The molecular formula is C20H21N3O4S. The van der Waals surface area contributed by atoms with E-state index in [0.717, 1.165) is 24.6 Å². The molecule has 0 bridgehead atoms. The summed E-state index contributed by atoms with van der Waals surface area (Å²) in [5.41, 5.74) is 1.42. The number of nitroso groups, excluding NO2 is 1. The quantitative estimate of drug-likeness (QED) is 0.379. The predicted molar refractivity (Wildman–Crippen MR) is 111 cm³/mol. The Morgan fingerprint density at radius 1 is 1.14 bits per heavy atom. The first-order valence-electron chi connectivity index (χ1n) is 9.15. The van der Waals surface area contributed by atoms with Gasteiger partial charge < -0.3 is 0 Å². The van der Waals surface area contributed by atoms with Gasteiger partial charge in [-0.25, -0.2) is 5.01 Å². The molecule has 0 unspecified atom stereocenters. The van der Waals surface area contributed by atoms with Gasteiger partial charge >= 0.3 is 0 Å². The smallest absolute Gasteiger partial charge is 0.261 e. The SMILES string of the molecule is CCCCN1C(=O)c2cccc3c(N(CCSC(C)=O)N=O)ccc(c23)C1=O.